The lowest BCUT2D eigenvalue weighted by atomic mass is 10.2. The van der Waals surface area contributed by atoms with Crippen LogP contribution in [0.25, 0.3) is 0 Å². The number of pyridine rings is 1. The topological polar surface area (TPSA) is 79.0 Å². The number of sulfonamides is 1. The van der Waals surface area contributed by atoms with Crippen molar-refractivity contribution in [2.24, 2.45) is 0 Å². The zero-order chi connectivity index (χ0) is 14.0. The molecule has 2 rings (SSSR count). The molecule has 19 heavy (non-hydrogen) atoms. The summed E-state index contributed by atoms with van der Waals surface area (Å²) >= 11 is 5.81. The molecule has 2 aromatic rings. The molecule has 0 unspecified atom stereocenters. The molecule has 0 radical (unpaired) electrons. The summed E-state index contributed by atoms with van der Waals surface area (Å²) in [5.74, 6) is 0. The van der Waals surface area contributed by atoms with Crippen molar-refractivity contribution in [3.63, 3.8) is 0 Å². The van der Waals surface area contributed by atoms with Gasteiger partial charge in [0.05, 0.1) is 5.69 Å². The molecule has 0 saturated carbocycles. The van der Waals surface area contributed by atoms with Gasteiger partial charge in [0.15, 0.2) is 0 Å². The van der Waals surface area contributed by atoms with Crippen LogP contribution in [0.1, 0.15) is 5.56 Å². The third kappa shape index (κ3) is 3.15. The minimum absolute atomic E-state index is 0.0125. The van der Waals surface area contributed by atoms with Gasteiger partial charge in [-0.15, -0.1) is 0 Å². The number of hydrogen-bond donors (Lipinski definition) is 2. The molecular formula is C12H11ClN2O3S. The monoisotopic (exact) mass is 298 g/mol. The van der Waals surface area contributed by atoms with Crippen LogP contribution < -0.4 is 10.3 Å². The van der Waals surface area contributed by atoms with Gasteiger partial charge < -0.3 is 4.98 Å². The molecule has 0 aliphatic heterocycles. The van der Waals surface area contributed by atoms with Crippen LogP contribution in [0.5, 0.6) is 0 Å². The van der Waals surface area contributed by atoms with Crippen molar-refractivity contribution in [3.05, 3.63) is 57.5 Å². The van der Waals surface area contributed by atoms with Crippen LogP contribution in [0.3, 0.4) is 0 Å². The summed E-state index contributed by atoms with van der Waals surface area (Å²) in [6, 6.07) is 7.24. The van der Waals surface area contributed by atoms with E-state index in [1.165, 1.54) is 6.07 Å². The molecule has 100 valence electrons. The van der Waals surface area contributed by atoms with Gasteiger partial charge in [0.2, 0.25) is 5.56 Å². The second kappa shape index (κ2) is 5.07. The Morgan fingerprint density at radius 1 is 1.21 bits per heavy atom. The van der Waals surface area contributed by atoms with E-state index in [9.17, 15) is 13.2 Å². The molecule has 1 heterocycles. The average Bonchev–Trinajstić information content (AvgIpc) is 2.33. The second-order valence-electron chi connectivity index (χ2n) is 3.95. The summed E-state index contributed by atoms with van der Waals surface area (Å²) in [4.78, 5) is 13.2. The number of anilines is 1. The van der Waals surface area contributed by atoms with Gasteiger partial charge in [-0.1, -0.05) is 11.6 Å². The van der Waals surface area contributed by atoms with Gasteiger partial charge in [-0.05, 0) is 36.8 Å². The fraction of sp³-hybridized carbons (Fsp3) is 0.0833. The fourth-order valence-electron chi connectivity index (χ4n) is 1.51. The first-order valence-corrected chi connectivity index (χ1v) is 7.22. The summed E-state index contributed by atoms with van der Waals surface area (Å²) in [5, 5.41) is 0.532. The van der Waals surface area contributed by atoms with Gasteiger partial charge in [0, 0.05) is 17.3 Å². The van der Waals surface area contributed by atoms with E-state index in [0.717, 1.165) is 12.3 Å². The highest BCUT2D eigenvalue weighted by Gasteiger charge is 2.15. The molecule has 0 aliphatic carbocycles. The zero-order valence-corrected chi connectivity index (χ0v) is 11.5. The highest BCUT2D eigenvalue weighted by atomic mass is 35.5. The standard InChI is InChI=1S/C12H11ClN2O3S/c1-8-6-9(13)2-4-11(8)15-19(17,18)10-3-5-12(16)14-7-10/h2-7,15H,1H3,(H,14,16). The Kier molecular flexibility index (Phi) is 3.64. The highest BCUT2D eigenvalue weighted by Crippen LogP contribution is 2.22. The van der Waals surface area contributed by atoms with Gasteiger partial charge in [-0.3, -0.25) is 9.52 Å². The maximum Gasteiger partial charge on any atom is 0.263 e. The van der Waals surface area contributed by atoms with E-state index in [1.807, 2.05) is 0 Å². The molecular weight excluding hydrogens is 288 g/mol. The molecule has 0 saturated heterocycles. The van der Waals surface area contributed by atoms with Crippen LogP contribution in [0.15, 0.2) is 46.2 Å². The predicted molar refractivity (Wildman–Crippen MR) is 74.1 cm³/mol. The van der Waals surface area contributed by atoms with E-state index >= 15 is 0 Å². The number of hydrogen-bond acceptors (Lipinski definition) is 3. The van der Waals surface area contributed by atoms with E-state index in [-0.39, 0.29) is 10.5 Å². The zero-order valence-electron chi connectivity index (χ0n) is 9.98. The molecule has 0 spiro atoms. The largest absolute Gasteiger partial charge is 0.328 e. The number of H-pyrrole nitrogens is 1. The highest BCUT2D eigenvalue weighted by molar-refractivity contribution is 7.92. The molecule has 2 N–H and O–H groups in total. The number of nitrogens with one attached hydrogen (secondary N) is 2. The molecule has 0 atom stereocenters. The number of aromatic amines is 1. The Bertz CT molecular complexity index is 748. The first-order chi connectivity index (χ1) is 8.88. The van der Waals surface area contributed by atoms with Crippen LogP contribution in [0.4, 0.5) is 5.69 Å². The Morgan fingerprint density at radius 3 is 2.53 bits per heavy atom. The van der Waals surface area contributed by atoms with E-state index in [4.69, 9.17) is 11.6 Å². The summed E-state index contributed by atoms with van der Waals surface area (Å²) in [5.41, 5.74) is 0.790. The molecule has 1 aromatic heterocycles. The Hall–Kier alpha value is -1.79. The van der Waals surface area contributed by atoms with E-state index < -0.39 is 10.0 Å². The maximum absolute atomic E-state index is 12.1. The average molecular weight is 299 g/mol. The first-order valence-electron chi connectivity index (χ1n) is 5.36. The molecule has 0 bridgehead atoms. The lowest BCUT2D eigenvalue weighted by Crippen LogP contribution is -2.15. The number of benzene rings is 1. The van der Waals surface area contributed by atoms with Crippen LogP contribution in [0, 0.1) is 6.92 Å². The summed E-state index contributed by atoms with van der Waals surface area (Å²) in [6.07, 6.45) is 1.15. The van der Waals surface area contributed by atoms with Gasteiger partial charge in [0.1, 0.15) is 4.90 Å². The predicted octanol–water partition coefficient (Wildman–Crippen LogP) is 2.14. The smallest absolute Gasteiger partial charge is 0.263 e. The van der Waals surface area contributed by atoms with E-state index in [2.05, 4.69) is 9.71 Å². The van der Waals surface area contributed by atoms with Crippen molar-refractivity contribution >= 4 is 27.3 Å². The lowest BCUT2D eigenvalue weighted by Gasteiger charge is -2.10. The Morgan fingerprint density at radius 2 is 1.95 bits per heavy atom. The summed E-state index contributed by atoms with van der Waals surface area (Å²) < 4.78 is 26.6. The van der Waals surface area contributed by atoms with Gasteiger partial charge >= 0.3 is 0 Å². The second-order valence-corrected chi connectivity index (χ2v) is 6.07. The summed E-state index contributed by atoms with van der Waals surface area (Å²) in [7, 11) is -3.73. The lowest BCUT2D eigenvalue weighted by molar-refractivity contribution is 0.600. The normalized spacial score (nSPS) is 11.3. The number of aromatic nitrogens is 1. The summed E-state index contributed by atoms with van der Waals surface area (Å²) in [6.45, 7) is 1.75. The van der Waals surface area contributed by atoms with Crippen molar-refractivity contribution in [2.45, 2.75) is 11.8 Å². The van der Waals surface area contributed by atoms with Crippen LogP contribution in [-0.2, 0) is 10.0 Å². The third-order valence-electron chi connectivity index (χ3n) is 2.50. The van der Waals surface area contributed by atoms with E-state index in [1.54, 1.807) is 25.1 Å². The van der Waals surface area contributed by atoms with Crippen molar-refractivity contribution < 1.29 is 8.42 Å². The SMILES string of the molecule is Cc1cc(Cl)ccc1NS(=O)(=O)c1ccc(=O)[nH]c1. The minimum atomic E-state index is -3.73. The Labute approximate surface area is 115 Å². The van der Waals surface area contributed by atoms with Gasteiger partial charge in [-0.25, -0.2) is 8.42 Å². The molecule has 0 fully saturated rings. The Balaban J connectivity index is 2.36. The molecule has 0 amide bonds. The fourth-order valence-corrected chi connectivity index (χ4v) is 2.83. The minimum Gasteiger partial charge on any atom is -0.328 e. The van der Waals surface area contributed by atoms with Crippen LogP contribution in [0.2, 0.25) is 5.02 Å². The maximum atomic E-state index is 12.1. The molecule has 1 aromatic carbocycles. The quantitative estimate of drug-likeness (QED) is 0.911. The molecule has 7 heteroatoms. The molecule has 0 aliphatic rings. The van der Waals surface area contributed by atoms with Crippen molar-refractivity contribution in [2.75, 3.05) is 4.72 Å². The third-order valence-corrected chi connectivity index (χ3v) is 4.10. The van der Waals surface area contributed by atoms with Crippen LogP contribution >= 0.6 is 11.6 Å². The van der Waals surface area contributed by atoms with Crippen LogP contribution in [-0.4, -0.2) is 13.4 Å². The van der Waals surface area contributed by atoms with E-state index in [0.29, 0.717) is 16.3 Å². The van der Waals surface area contributed by atoms with Gasteiger partial charge in [0.25, 0.3) is 10.0 Å². The van der Waals surface area contributed by atoms with Crippen molar-refractivity contribution in [1.82, 2.24) is 4.98 Å². The first kappa shape index (κ1) is 13.6. The van der Waals surface area contributed by atoms with Crippen molar-refractivity contribution in [1.29, 1.82) is 0 Å². The number of rotatable bonds is 3. The number of halogens is 1. The van der Waals surface area contributed by atoms with Crippen molar-refractivity contribution in [3.8, 4) is 0 Å². The molecule has 5 nitrogen and oxygen atoms in total. The van der Waals surface area contributed by atoms with Gasteiger partial charge in [-0.2, -0.15) is 0 Å². The number of aryl methyl sites for hydroxylation is 1.